The van der Waals surface area contributed by atoms with E-state index in [9.17, 15) is 29.4 Å². The van der Waals surface area contributed by atoms with Gasteiger partial charge in [-0.1, -0.05) is 39.8 Å². The van der Waals surface area contributed by atoms with Gasteiger partial charge in [-0.2, -0.15) is 0 Å². The fourth-order valence-corrected chi connectivity index (χ4v) is 3.98. The fourth-order valence-electron chi connectivity index (χ4n) is 3.98. The standard InChI is InChI=1S/C27H45N7O6/c1-15(2)12-19(28)23(36)33-21(13-16(3)4)25(38)32-20(6-5-11-31-27(29)30)24(37)34-22(26(39)40)14-17-7-9-18(35)10-8-17/h7-10,15-16,19-22,35H,5-6,11-14,28H2,1-4H3,(H,32,38)(H,33,36)(H,34,37)(H,39,40)(H4,29,30,31). The summed E-state index contributed by atoms with van der Waals surface area (Å²) in [6.07, 6.45) is 1.11. The van der Waals surface area contributed by atoms with E-state index in [1.165, 1.54) is 12.1 Å². The van der Waals surface area contributed by atoms with Gasteiger partial charge in [0.25, 0.3) is 0 Å². The van der Waals surface area contributed by atoms with Crippen LogP contribution < -0.4 is 33.2 Å². The lowest BCUT2D eigenvalue weighted by atomic mass is 10.00. The summed E-state index contributed by atoms with van der Waals surface area (Å²) in [7, 11) is 0. The molecule has 0 aliphatic rings. The number of phenols is 1. The lowest BCUT2D eigenvalue weighted by Gasteiger charge is -2.26. The third-order valence-electron chi connectivity index (χ3n) is 5.97. The fraction of sp³-hybridized carbons (Fsp3) is 0.593. The van der Waals surface area contributed by atoms with Crippen molar-refractivity contribution in [3.63, 3.8) is 0 Å². The predicted molar refractivity (Wildman–Crippen MR) is 152 cm³/mol. The van der Waals surface area contributed by atoms with E-state index in [0.717, 1.165) is 0 Å². The first-order valence-corrected chi connectivity index (χ1v) is 13.4. The molecule has 0 fully saturated rings. The van der Waals surface area contributed by atoms with Crippen LogP contribution in [0, 0.1) is 11.8 Å². The zero-order chi connectivity index (χ0) is 30.4. The van der Waals surface area contributed by atoms with Gasteiger partial charge in [0.05, 0.1) is 6.04 Å². The van der Waals surface area contributed by atoms with Crippen molar-refractivity contribution in [3.05, 3.63) is 29.8 Å². The Hall–Kier alpha value is -3.87. The van der Waals surface area contributed by atoms with Crippen molar-refractivity contribution in [2.75, 3.05) is 6.54 Å². The Kier molecular flexibility index (Phi) is 14.5. The smallest absolute Gasteiger partial charge is 0.326 e. The molecule has 1 rings (SSSR count). The third-order valence-corrected chi connectivity index (χ3v) is 5.97. The maximum Gasteiger partial charge on any atom is 0.326 e. The molecule has 13 nitrogen and oxygen atoms in total. The number of phenolic OH excluding ortho intramolecular Hbond substituents is 1. The minimum atomic E-state index is -1.30. The largest absolute Gasteiger partial charge is 0.508 e. The average molecular weight is 564 g/mol. The van der Waals surface area contributed by atoms with Crippen molar-refractivity contribution in [2.45, 2.75) is 84.0 Å². The van der Waals surface area contributed by atoms with Crippen LogP contribution >= 0.6 is 0 Å². The summed E-state index contributed by atoms with van der Waals surface area (Å²) in [5.41, 5.74) is 17.3. The van der Waals surface area contributed by atoms with E-state index in [1.807, 2.05) is 27.7 Å². The monoisotopic (exact) mass is 563 g/mol. The van der Waals surface area contributed by atoms with Gasteiger partial charge in [0.15, 0.2) is 5.96 Å². The Labute approximate surface area is 235 Å². The first-order chi connectivity index (χ1) is 18.7. The highest BCUT2D eigenvalue weighted by Crippen LogP contribution is 2.13. The number of hydrogen-bond acceptors (Lipinski definition) is 7. The van der Waals surface area contributed by atoms with E-state index in [0.29, 0.717) is 24.8 Å². The molecule has 0 aliphatic carbocycles. The molecule has 1 aromatic carbocycles. The quantitative estimate of drug-likeness (QED) is 0.0719. The van der Waals surface area contributed by atoms with Crippen molar-refractivity contribution in [3.8, 4) is 5.75 Å². The van der Waals surface area contributed by atoms with Gasteiger partial charge in [-0.15, -0.1) is 0 Å². The number of guanidine groups is 1. The van der Waals surface area contributed by atoms with Gasteiger partial charge in [-0.05, 0) is 55.2 Å². The van der Waals surface area contributed by atoms with Crippen LogP contribution in [-0.4, -0.2) is 70.6 Å². The number of carbonyl (C=O) groups is 4. The Bertz CT molecular complexity index is 1010. The van der Waals surface area contributed by atoms with Crippen molar-refractivity contribution in [2.24, 2.45) is 34.0 Å². The highest BCUT2D eigenvalue weighted by Gasteiger charge is 2.30. The molecule has 0 radical (unpaired) electrons. The zero-order valence-corrected chi connectivity index (χ0v) is 23.7. The number of carboxylic acid groups (broad SMARTS) is 1. The highest BCUT2D eigenvalue weighted by atomic mass is 16.4. The average Bonchev–Trinajstić information content (AvgIpc) is 2.85. The van der Waals surface area contributed by atoms with Gasteiger partial charge < -0.3 is 43.4 Å². The minimum absolute atomic E-state index is 0.0245. The minimum Gasteiger partial charge on any atom is -0.508 e. The maximum absolute atomic E-state index is 13.3. The predicted octanol–water partition coefficient (Wildman–Crippen LogP) is -0.0532. The molecule has 13 heteroatoms. The molecular weight excluding hydrogens is 518 g/mol. The van der Waals surface area contributed by atoms with Gasteiger partial charge in [-0.3, -0.25) is 19.4 Å². The van der Waals surface area contributed by atoms with Crippen LogP contribution in [0.15, 0.2) is 29.3 Å². The second kappa shape index (κ2) is 17.0. The number of benzene rings is 1. The van der Waals surface area contributed by atoms with Crippen molar-refractivity contribution in [1.82, 2.24) is 16.0 Å². The number of nitrogens with zero attached hydrogens (tertiary/aromatic N) is 1. The molecule has 0 saturated carbocycles. The second-order valence-corrected chi connectivity index (χ2v) is 10.7. The number of nitrogens with one attached hydrogen (secondary N) is 3. The number of rotatable bonds is 17. The summed E-state index contributed by atoms with van der Waals surface area (Å²) in [4.78, 5) is 55.0. The normalized spacial score (nSPS) is 14.1. The Morgan fingerprint density at radius 3 is 1.88 bits per heavy atom. The van der Waals surface area contributed by atoms with E-state index in [2.05, 4.69) is 20.9 Å². The molecule has 0 aromatic heterocycles. The number of aliphatic carboxylic acids is 1. The van der Waals surface area contributed by atoms with Gasteiger partial charge in [0.1, 0.15) is 23.9 Å². The van der Waals surface area contributed by atoms with Gasteiger partial charge >= 0.3 is 5.97 Å². The molecule has 0 saturated heterocycles. The number of amides is 3. The van der Waals surface area contributed by atoms with Crippen LogP contribution in [0.4, 0.5) is 0 Å². The summed E-state index contributed by atoms with van der Waals surface area (Å²) in [6.45, 7) is 7.83. The summed E-state index contributed by atoms with van der Waals surface area (Å²) >= 11 is 0. The highest BCUT2D eigenvalue weighted by molar-refractivity contribution is 5.94. The molecular formula is C27H45N7O6. The van der Waals surface area contributed by atoms with Crippen molar-refractivity contribution < 1.29 is 29.4 Å². The van der Waals surface area contributed by atoms with Crippen LogP contribution in [0.25, 0.3) is 0 Å². The van der Waals surface area contributed by atoms with Crippen molar-refractivity contribution >= 4 is 29.7 Å². The van der Waals surface area contributed by atoms with Crippen LogP contribution in [-0.2, 0) is 25.6 Å². The van der Waals surface area contributed by atoms with E-state index >= 15 is 0 Å². The second-order valence-electron chi connectivity index (χ2n) is 10.7. The van der Waals surface area contributed by atoms with Gasteiger partial charge in [-0.25, -0.2) is 4.79 Å². The maximum atomic E-state index is 13.3. The summed E-state index contributed by atoms with van der Waals surface area (Å²) < 4.78 is 0. The number of nitrogens with two attached hydrogens (primary N) is 3. The summed E-state index contributed by atoms with van der Waals surface area (Å²) in [5, 5.41) is 27.1. The first kappa shape index (κ1) is 34.2. The SMILES string of the molecule is CC(C)CC(N)C(=O)NC(CC(C)C)C(=O)NC(CCCN=C(N)N)C(=O)NC(Cc1ccc(O)cc1)C(=O)O. The number of aromatic hydroxyl groups is 1. The summed E-state index contributed by atoms with van der Waals surface area (Å²) in [6, 6.07) is 1.76. The van der Waals surface area contributed by atoms with E-state index in [1.54, 1.807) is 12.1 Å². The molecule has 224 valence electrons. The lowest BCUT2D eigenvalue weighted by molar-refractivity contribution is -0.142. The molecule has 3 amide bonds. The molecule has 40 heavy (non-hydrogen) atoms. The summed E-state index contributed by atoms with van der Waals surface area (Å²) in [5.74, 6) is -2.92. The van der Waals surface area contributed by atoms with Crippen LogP contribution in [0.2, 0.25) is 0 Å². The number of aliphatic imine (C=N–C) groups is 1. The molecule has 4 unspecified atom stereocenters. The van der Waals surface area contributed by atoms with E-state index < -0.39 is 47.9 Å². The Morgan fingerprint density at radius 2 is 1.35 bits per heavy atom. The molecule has 0 bridgehead atoms. The Balaban J connectivity index is 3.09. The zero-order valence-electron chi connectivity index (χ0n) is 23.7. The van der Waals surface area contributed by atoms with Gasteiger partial charge in [0, 0.05) is 13.0 Å². The van der Waals surface area contributed by atoms with Gasteiger partial charge in [0.2, 0.25) is 17.7 Å². The molecule has 1 aromatic rings. The number of hydrogen-bond donors (Lipinski definition) is 8. The van der Waals surface area contributed by atoms with Crippen LogP contribution in [0.3, 0.4) is 0 Å². The molecule has 4 atom stereocenters. The number of carboxylic acids is 1. The Morgan fingerprint density at radius 1 is 0.825 bits per heavy atom. The molecule has 0 aliphatic heterocycles. The van der Waals surface area contributed by atoms with Crippen LogP contribution in [0.1, 0.15) is 58.9 Å². The van der Waals surface area contributed by atoms with E-state index in [-0.39, 0.29) is 42.9 Å². The van der Waals surface area contributed by atoms with Crippen LogP contribution in [0.5, 0.6) is 5.75 Å². The molecule has 0 spiro atoms. The number of carbonyl (C=O) groups excluding carboxylic acids is 3. The topological polar surface area (TPSA) is 235 Å². The molecule has 0 heterocycles. The third kappa shape index (κ3) is 13.3. The lowest BCUT2D eigenvalue weighted by Crippen LogP contribution is -2.57. The first-order valence-electron chi connectivity index (χ1n) is 13.4. The van der Waals surface area contributed by atoms with E-state index in [4.69, 9.17) is 17.2 Å². The van der Waals surface area contributed by atoms with Crippen molar-refractivity contribution in [1.29, 1.82) is 0 Å². The molecule has 11 N–H and O–H groups in total.